The monoisotopic (exact) mass is 313 g/mol. The maximum absolute atomic E-state index is 11.1. The number of hydrogen-bond donors (Lipinski definition) is 1. The average Bonchev–Trinajstić information content (AvgIpc) is 2.28. The zero-order chi connectivity index (χ0) is 16.3. The Bertz CT molecular complexity index is 563. The van der Waals surface area contributed by atoms with Crippen LogP contribution in [-0.4, -0.2) is 32.6 Å². The number of sulfone groups is 1. The van der Waals surface area contributed by atoms with Crippen molar-refractivity contribution in [3.8, 4) is 5.75 Å². The number of benzene rings is 1. The van der Waals surface area contributed by atoms with Gasteiger partial charge in [0.1, 0.15) is 12.4 Å². The molecule has 0 bridgehead atoms. The van der Waals surface area contributed by atoms with Crippen molar-refractivity contribution < 1.29 is 13.2 Å². The van der Waals surface area contributed by atoms with Crippen LogP contribution < -0.4 is 10.1 Å². The van der Waals surface area contributed by atoms with E-state index in [0.717, 1.165) is 23.4 Å². The average molecular weight is 313 g/mol. The highest BCUT2D eigenvalue weighted by atomic mass is 32.2. The van der Waals surface area contributed by atoms with Gasteiger partial charge in [-0.1, -0.05) is 12.1 Å². The first-order valence-electron chi connectivity index (χ1n) is 7.13. The van der Waals surface area contributed by atoms with Crippen LogP contribution >= 0.6 is 0 Å². The molecule has 1 aromatic rings. The van der Waals surface area contributed by atoms with E-state index >= 15 is 0 Å². The third-order valence-electron chi connectivity index (χ3n) is 3.04. The van der Waals surface area contributed by atoms with Crippen molar-refractivity contribution in [2.75, 3.05) is 18.6 Å². The number of rotatable bonds is 6. The molecule has 0 amide bonds. The van der Waals surface area contributed by atoms with Crippen molar-refractivity contribution in [3.63, 3.8) is 0 Å². The number of aryl methyl sites for hydroxylation is 2. The van der Waals surface area contributed by atoms with Crippen molar-refractivity contribution >= 4 is 9.84 Å². The molecule has 1 rings (SSSR count). The summed E-state index contributed by atoms with van der Waals surface area (Å²) in [6.07, 6.45) is 1.22. The summed E-state index contributed by atoms with van der Waals surface area (Å²) in [5.74, 6) is 0.831. The number of nitrogens with one attached hydrogen (secondary N) is 1. The largest absolute Gasteiger partial charge is 0.492 e. The van der Waals surface area contributed by atoms with Gasteiger partial charge in [-0.25, -0.2) is 8.42 Å². The first-order chi connectivity index (χ1) is 9.48. The van der Waals surface area contributed by atoms with E-state index in [9.17, 15) is 8.42 Å². The maximum atomic E-state index is 11.1. The van der Waals surface area contributed by atoms with Crippen LogP contribution in [0.5, 0.6) is 5.75 Å². The Morgan fingerprint density at radius 3 is 2.10 bits per heavy atom. The Kier molecular flexibility index (Phi) is 5.82. The molecule has 0 spiro atoms. The molecule has 0 radical (unpaired) electrons. The van der Waals surface area contributed by atoms with Crippen LogP contribution in [0.4, 0.5) is 0 Å². The fourth-order valence-electron chi connectivity index (χ4n) is 2.03. The third-order valence-corrected chi connectivity index (χ3v) is 3.95. The van der Waals surface area contributed by atoms with E-state index in [4.69, 9.17) is 4.74 Å². The maximum Gasteiger partial charge on any atom is 0.150 e. The molecule has 0 aliphatic rings. The summed E-state index contributed by atoms with van der Waals surface area (Å²) in [6.45, 7) is 11.4. The standard InChI is InChI=1S/C16H27NO3S/c1-12-9-14(11-17-16(3,4)5)10-13(2)15(12)20-7-8-21(6,18)19/h9-10,17H,7-8,11H2,1-6H3. The van der Waals surface area contributed by atoms with Gasteiger partial charge in [0.25, 0.3) is 0 Å². The normalized spacial score (nSPS) is 12.5. The van der Waals surface area contributed by atoms with E-state index in [1.54, 1.807) is 0 Å². The second-order valence-corrected chi connectivity index (χ2v) is 8.90. The molecule has 0 fully saturated rings. The molecule has 0 saturated heterocycles. The molecule has 4 nitrogen and oxygen atoms in total. The summed E-state index contributed by atoms with van der Waals surface area (Å²) in [4.78, 5) is 0. The molecular formula is C16H27NO3S. The summed E-state index contributed by atoms with van der Waals surface area (Å²) in [5.41, 5.74) is 3.35. The first-order valence-corrected chi connectivity index (χ1v) is 9.20. The van der Waals surface area contributed by atoms with Crippen molar-refractivity contribution in [3.05, 3.63) is 28.8 Å². The lowest BCUT2D eigenvalue weighted by molar-refractivity contribution is 0.336. The van der Waals surface area contributed by atoms with Crippen molar-refractivity contribution in [2.45, 2.75) is 46.7 Å². The van der Waals surface area contributed by atoms with E-state index in [0.29, 0.717) is 0 Å². The minimum Gasteiger partial charge on any atom is -0.492 e. The van der Waals surface area contributed by atoms with E-state index < -0.39 is 9.84 Å². The van der Waals surface area contributed by atoms with Crippen LogP contribution in [0, 0.1) is 13.8 Å². The quantitative estimate of drug-likeness (QED) is 0.877. The van der Waals surface area contributed by atoms with Crippen LogP contribution in [0.3, 0.4) is 0 Å². The molecule has 0 aliphatic heterocycles. The van der Waals surface area contributed by atoms with Gasteiger partial charge in [-0.05, 0) is 51.3 Å². The van der Waals surface area contributed by atoms with E-state index in [2.05, 4.69) is 38.2 Å². The van der Waals surface area contributed by atoms with Gasteiger partial charge >= 0.3 is 0 Å². The summed E-state index contributed by atoms with van der Waals surface area (Å²) >= 11 is 0. The van der Waals surface area contributed by atoms with Gasteiger partial charge in [0, 0.05) is 18.3 Å². The predicted octanol–water partition coefficient (Wildman–Crippen LogP) is 2.61. The number of ether oxygens (including phenoxy) is 1. The van der Waals surface area contributed by atoms with Crippen LogP contribution in [0.15, 0.2) is 12.1 Å². The predicted molar refractivity (Wildman–Crippen MR) is 87.7 cm³/mol. The minimum absolute atomic E-state index is 0.0409. The van der Waals surface area contributed by atoms with Gasteiger partial charge in [0.05, 0.1) is 5.75 Å². The second-order valence-electron chi connectivity index (χ2n) is 6.64. The molecule has 0 heterocycles. The summed E-state index contributed by atoms with van der Waals surface area (Å²) in [6, 6.07) is 4.17. The lowest BCUT2D eigenvalue weighted by atomic mass is 10.0. The molecule has 5 heteroatoms. The van der Waals surface area contributed by atoms with Crippen LogP contribution in [0.25, 0.3) is 0 Å². The molecular weight excluding hydrogens is 286 g/mol. The third kappa shape index (κ3) is 6.96. The van der Waals surface area contributed by atoms with Crippen molar-refractivity contribution in [2.24, 2.45) is 0 Å². The molecule has 0 atom stereocenters. The highest BCUT2D eigenvalue weighted by Gasteiger charge is 2.11. The lowest BCUT2D eigenvalue weighted by Crippen LogP contribution is -2.35. The molecule has 0 aliphatic carbocycles. The smallest absolute Gasteiger partial charge is 0.150 e. The molecule has 0 aromatic heterocycles. The first kappa shape index (κ1) is 18.0. The van der Waals surface area contributed by atoms with Crippen LogP contribution in [-0.2, 0) is 16.4 Å². The van der Waals surface area contributed by atoms with Crippen molar-refractivity contribution in [1.82, 2.24) is 5.32 Å². The van der Waals surface area contributed by atoms with Gasteiger partial charge in [-0.15, -0.1) is 0 Å². The zero-order valence-corrected chi connectivity index (χ0v) is 14.7. The van der Waals surface area contributed by atoms with E-state index in [1.165, 1.54) is 11.8 Å². The fraction of sp³-hybridized carbons (Fsp3) is 0.625. The molecule has 120 valence electrons. The Balaban J connectivity index is 2.76. The summed E-state index contributed by atoms with van der Waals surface area (Å²) < 4.78 is 27.9. The van der Waals surface area contributed by atoms with Gasteiger partial charge in [0.2, 0.25) is 0 Å². The summed E-state index contributed by atoms with van der Waals surface area (Å²) in [7, 11) is -2.99. The van der Waals surface area contributed by atoms with Gasteiger partial charge in [0.15, 0.2) is 9.84 Å². The SMILES string of the molecule is Cc1cc(CNC(C)(C)C)cc(C)c1OCCS(C)(=O)=O. The molecule has 0 saturated carbocycles. The lowest BCUT2D eigenvalue weighted by Gasteiger charge is -2.21. The minimum atomic E-state index is -2.99. The highest BCUT2D eigenvalue weighted by molar-refractivity contribution is 7.90. The molecule has 0 unspecified atom stereocenters. The molecule has 1 N–H and O–H groups in total. The van der Waals surface area contributed by atoms with Gasteiger partial charge in [-0.3, -0.25) is 0 Å². The van der Waals surface area contributed by atoms with Crippen LogP contribution in [0.1, 0.15) is 37.5 Å². The Labute approximate surface area is 128 Å². The van der Waals surface area contributed by atoms with E-state index in [-0.39, 0.29) is 17.9 Å². The molecule has 1 aromatic carbocycles. The Morgan fingerprint density at radius 1 is 1.14 bits per heavy atom. The molecule has 21 heavy (non-hydrogen) atoms. The topological polar surface area (TPSA) is 55.4 Å². The van der Waals surface area contributed by atoms with E-state index in [1.807, 2.05) is 13.8 Å². The Hall–Kier alpha value is -1.07. The summed E-state index contributed by atoms with van der Waals surface area (Å²) in [5, 5.41) is 3.45. The fourth-order valence-corrected chi connectivity index (χ4v) is 2.42. The Morgan fingerprint density at radius 2 is 1.67 bits per heavy atom. The highest BCUT2D eigenvalue weighted by Crippen LogP contribution is 2.25. The zero-order valence-electron chi connectivity index (χ0n) is 13.9. The van der Waals surface area contributed by atoms with Crippen molar-refractivity contribution in [1.29, 1.82) is 0 Å². The van der Waals surface area contributed by atoms with Crippen LogP contribution in [0.2, 0.25) is 0 Å². The number of hydrogen-bond acceptors (Lipinski definition) is 4. The van der Waals surface area contributed by atoms with Gasteiger partial charge < -0.3 is 10.1 Å². The van der Waals surface area contributed by atoms with Gasteiger partial charge in [-0.2, -0.15) is 0 Å². The second kappa shape index (κ2) is 6.79.